The molecule has 0 unspecified atom stereocenters. The summed E-state index contributed by atoms with van der Waals surface area (Å²) in [7, 11) is 3.01. The second-order valence-corrected chi connectivity index (χ2v) is 4.64. The summed E-state index contributed by atoms with van der Waals surface area (Å²) < 4.78 is 15.3. The lowest BCUT2D eigenvalue weighted by Crippen LogP contribution is -2.18. The molecule has 0 radical (unpaired) electrons. The molecule has 0 aliphatic heterocycles. The third kappa shape index (κ3) is 6.00. The van der Waals surface area contributed by atoms with Crippen molar-refractivity contribution < 1.29 is 23.8 Å². The van der Waals surface area contributed by atoms with Crippen LogP contribution in [0.5, 0.6) is 11.5 Å². The van der Waals surface area contributed by atoms with Crippen LogP contribution in [0.25, 0.3) is 0 Å². The van der Waals surface area contributed by atoms with Gasteiger partial charge in [-0.3, -0.25) is 9.59 Å². The number of hydrogen-bond donors (Lipinski definition) is 1. The average Bonchev–Trinajstić information content (AvgIpc) is 2.58. The average molecular weight is 331 g/mol. The van der Waals surface area contributed by atoms with E-state index in [0.29, 0.717) is 22.8 Å². The van der Waals surface area contributed by atoms with Gasteiger partial charge in [0.15, 0.2) is 11.5 Å². The molecule has 0 atom stereocenters. The van der Waals surface area contributed by atoms with Crippen molar-refractivity contribution in [2.45, 2.75) is 6.42 Å². The summed E-state index contributed by atoms with van der Waals surface area (Å²) in [5.74, 6) is -0.103. The highest BCUT2D eigenvalue weighted by Gasteiger charge is 2.12. The SMILES string of the molecule is C=C/C=C(\C=C)COC(=O)CC(=O)Nc1ccc(OC)c(OC)c1. The lowest BCUT2D eigenvalue weighted by Gasteiger charge is -2.10. The van der Waals surface area contributed by atoms with Crippen LogP contribution >= 0.6 is 0 Å². The third-order valence-corrected chi connectivity index (χ3v) is 2.97. The van der Waals surface area contributed by atoms with Crippen LogP contribution in [0.1, 0.15) is 6.42 Å². The molecule has 1 aromatic carbocycles. The molecule has 6 nitrogen and oxygen atoms in total. The standard InChI is InChI=1S/C18H21NO5/c1-5-7-13(6-2)12-24-18(21)11-17(20)19-14-8-9-15(22-3)16(10-14)23-4/h5-10H,1-2,11-12H2,3-4H3,(H,19,20)/b13-7+. The Morgan fingerprint density at radius 1 is 1.17 bits per heavy atom. The molecule has 6 heteroatoms. The van der Waals surface area contributed by atoms with Crippen LogP contribution < -0.4 is 14.8 Å². The molecule has 0 aromatic heterocycles. The molecule has 0 heterocycles. The van der Waals surface area contributed by atoms with Crippen LogP contribution in [0.2, 0.25) is 0 Å². The summed E-state index contributed by atoms with van der Waals surface area (Å²) in [4.78, 5) is 23.6. The fourth-order valence-corrected chi connectivity index (χ4v) is 1.79. The van der Waals surface area contributed by atoms with Crippen LogP contribution in [0.15, 0.2) is 55.2 Å². The number of carbonyl (C=O) groups excluding carboxylic acids is 2. The molecule has 1 N–H and O–H groups in total. The van der Waals surface area contributed by atoms with E-state index < -0.39 is 18.3 Å². The molecular formula is C18H21NO5. The largest absolute Gasteiger partial charge is 0.493 e. The number of allylic oxidation sites excluding steroid dienone is 2. The Morgan fingerprint density at radius 2 is 1.88 bits per heavy atom. The second kappa shape index (κ2) is 9.89. The Bertz CT molecular complexity index is 649. The maximum atomic E-state index is 11.9. The third-order valence-electron chi connectivity index (χ3n) is 2.97. The van der Waals surface area contributed by atoms with E-state index in [1.807, 2.05) is 0 Å². The van der Waals surface area contributed by atoms with Gasteiger partial charge in [0.2, 0.25) is 5.91 Å². The minimum atomic E-state index is -0.634. The maximum absolute atomic E-state index is 11.9. The lowest BCUT2D eigenvalue weighted by atomic mass is 10.2. The van der Waals surface area contributed by atoms with E-state index in [9.17, 15) is 9.59 Å². The van der Waals surface area contributed by atoms with Gasteiger partial charge in [0, 0.05) is 11.8 Å². The first kappa shape index (κ1) is 19.0. The predicted octanol–water partition coefficient (Wildman–Crippen LogP) is 2.87. The molecule has 0 bridgehead atoms. The van der Waals surface area contributed by atoms with Gasteiger partial charge in [-0.2, -0.15) is 0 Å². The molecule has 1 aromatic rings. The maximum Gasteiger partial charge on any atom is 0.315 e. The highest BCUT2D eigenvalue weighted by molar-refractivity contribution is 6.02. The molecule has 24 heavy (non-hydrogen) atoms. The van der Waals surface area contributed by atoms with E-state index in [2.05, 4.69) is 18.5 Å². The molecule has 0 saturated heterocycles. The predicted molar refractivity (Wildman–Crippen MR) is 92.2 cm³/mol. The summed E-state index contributed by atoms with van der Waals surface area (Å²) in [6.07, 6.45) is 4.39. The van der Waals surface area contributed by atoms with Crippen molar-refractivity contribution in [1.29, 1.82) is 0 Å². The summed E-state index contributed by atoms with van der Waals surface area (Å²) in [5.41, 5.74) is 1.18. The Hall–Kier alpha value is -3.02. The quantitative estimate of drug-likeness (QED) is 0.428. The van der Waals surface area contributed by atoms with Gasteiger partial charge in [-0.1, -0.05) is 31.4 Å². The van der Waals surface area contributed by atoms with E-state index in [1.165, 1.54) is 14.2 Å². The number of benzene rings is 1. The van der Waals surface area contributed by atoms with Gasteiger partial charge in [0.25, 0.3) is 0 Å². The van der Waals surface area contributed by atoms with Gasteiger partial charge in [-0.15, -0.1) is 0 Å². The van der Waals surface area contributed by atoms with Crippen LogP contribution in [-0.4, -0.2) is 32.7 Å². The number of methoxy groups -OCH3 is 2. The van der Waals surface area contributed by atoms with Crippen molar-refractivity contribution in [2.24, 2.45) is 0 Å². The molecular weight excluding hydrogens is 310 g/mol. The summed E-state index contributed by atoms with van der Waals surface area (Å²) >= 11 is 0. The minimum Gasteiger partial charge on any atom is -0.493 e. The number of esters is 1. The fourth-order valence-electron chi connectivity index (χ4n) is 1.79. The van der Waals surface area contributed by atoms with Crippen molar-refractivity contribution in [2.75, 3.05) is 26.1 Å². The van der Waals surface area contributed by atoms with Crippen molar-refractivity contribution in [3.05, 3.63) is 55.2 Å². The fraction of sp³-hybridized carbons (Fsp3) is 0.222. The van der Waals surface area contributed by atoms with Crippen molar-refractivity contribution in [1.82, 2.24) is 0 Å². The van der Waals surface area contributed by atoms with Crippen molar-refractivity contribution in [3.8, 4) is 11.5 Å². The first-order valence-electron chi connectivity index (χ1n) is 7.15. The van der Waals surface area contributed by atoms with Gasteiger partial charge in [0.1, 0.15) is 13.0 Å². The second-order valence-electron chi connectivity index (χ2n) is 4.64. The van der Waals surface area contributed by atoms with Gasteiger partial charge in [-0.05, 0) is 17.7 Å². The van der Waals surface area contributed by atoms with Crippen LogP contribution in [0.4, 0.5) is 5.69 Å². The normalized spacial score (nSPS) is 10.5. The number of anilines is 1. The molecule has 0 aliphatic carbocycles. The smallest absolute Gasteiger partial charge is 0.315 e. The number of ether oxygens (including phenoxy) is 3. The summed E-state index contributed by atoms with van der Waals surface area (Å²) in [6, 6.07) is 4.90. The van der Waals surface area contributed by atoms with E-state index in [0.717, 1.165) is 0 Å². The number of nitrogens with one attached hydrogen (secondary N) is 1. The number of rotatable bonds is 9. The Morgan fingerprint density at radius 3 is 2.46 bits per heavy atom. The molecule has 0 fully saturated rings. The van der Waals surface area contributed by atoms with E-state index in [1.54, 1.807) is 36.4 Å². The van der Waals surface area contributed by atoms with Gasteiger partial charge in [-0.25, -0.2) is 0 Å². The lowest BCUT2D eigenvalue weighted by molar-refractivity contribution is -0.144. The monoisotopic (exact) mass is 331 g/mol. The Kier molecular flexibility index (Phi) is 7.84. The molecule has 0 aliphatic rings. The zero-order chi connectivity index (χ0) is 17.9. The van der Waals surface area contributed by atoms with E-state index >= 15 is 0 Å². The van der Waals surface area contributed by atoms with Crippen LogP contribution in [0.3, 0.4) is 0 Å². The van der Waals surface area contributed by atoms with Crippen LogP contribution in [-0.2, 0) is 14.3 Å². The van der Waals surface area contributed by atoms with Gasteiger partial charge >= 0.3 is 5.97 Å². The molecule has 1 rings (SSSR count). The Balaban J connectivity index is 2.56. The highest BCUT2D eigenvalue weighted by atomic mass is 16.5. The van der Waals surface area contributed by atoms with Crippen molar-refractivity contribution in [3.63, 3.8) is 0 Å². The summed E-state index contributed by atoms with van der Waals surface area (Å²) in [5, 5.41) is 2.60. The van der Waals surface area contributed by atoms with Crippen LogP contribution in [0, 0.1) is 0 Å². The molecule has 0 spiro atoms. The van der Waals surface area contributed by atoms with Gasteiger partial charge in [0.05, 0.1) is 14.2 Å². The first-order chi connectivity index (χ1) is 11.5. The molecule has 1 amide bonds. The topological polar surface area (TPSA) is 73.9 Å². The number of amides is 1. The first-order valence-corrected chi connectivity index (χ1v) is 7.15. The zero-order valence-electron chi connectivity index (χ0n) is 13.8. The number of hydrogen-bond acceptors (Lipinski definition) is 5. The molecule has 128 valence electrons. The minimum absolute atomic E-state index is 0.0397. The van der Waals surface area contributed by atoms with Gasteiger partial charge < -0.3 is 19.5 Å². The highest BCUT2D eigenvalue weighted by Crippen LogP contribution is 2.29. The number of carbonyl (C=O) groups is 2. The molecule has 0 saturated carbocycles. The summed E-state index contributed by atoms with van der Waals surface area (Å²) in [6.45, 7) is 7.18. The van der Waals surface area contributed by atoms with Crippen molar-refractivity contribution >= 4 is 17.6 Å². The van der Waals surface area contributed by atoms with E-state index in [-0.39, 0.29) is 6.61 Å². The zero-order valence-corrected chi connectivity index (χ0v) is 13.8. The Labute approximate surface area is 141 Å². The van der Waals surface area contributed by atoms with E-state index in [4.69, 9.17) is 14.2 Å².